The predicted molar refractivity (Wildman–Crippen MR) is 88.0 cm³/mol. The van der Waals surface area contributed by atoms with E-state index in [1.807, 2.05) is 49.4 Å². The number of nitrogens with zero attached hydrogens (tertiary/aromatic N) is 2. The summed E-state index contributed by atoms with van der Waals surface area (Å²) < 4.78 is 5.05. The van der Waals surface area contributed by atoms with E-state index in [-0.39, 0.29) is 11.9 Å². The van der Waals surface area contributed by atoms with Gasteiger partial charge in [-0.05, 0) is 30.2 Å². The minimum Gasteiger partial charge on any atom is -0.413 e. The van der Waals surface area contributed by atoms with Gasteiger partial charge in [0.1, 0.15) is 0 Å². The highest BCUT2D eigenvalue weighted by atomic mass is 16.5. The van der Waals surface area contributed by atoms with Crippen LogP contribution < -0.4 is 5.73 Å². The lowest BCUT2D eigenvalue weighted by Crippen LogP contribution is -2.16. The van der Waals surface area contributed by atoms with Crippen molar-refractivity contribution in [2.75, 3.05) is 0 Å². The van der Waals surface area contributed by atoms with Crippen molar-refractivity contribution in [2.24, 2.45) is 10.6 Å². The molecule has 1 aliphatic rings. The second kappa shape index (κ2) is 6.07. The van der Waals surface area contributed by atoms with Crippen molar-refractivity contribution >= 4 is 18.6 Å². The SMILES string of the molecule is Cc1ccc(C(N)c2cccc(C3=NB(C#N)C(=O)O3)c2)cc1. The molecule has 1 heterocycles. The molecule has 0 fully saturated rings. The molecule has 1 unspecified atom stereocenters. The molecule has 5 nitrogen and oxygen atoms in total. The Bertz CT molecular complexity index is 824. The molecular weight excluding hydrogens is 289 g/mol. The summed E-state index contributed by atoms with van der Waals surface area (Å²) in [6, 6.07) is 15.1. The number of carbonyl (C=O) groups is 1. The molecule has 0 aromatic heterocycles. The first-order valence-corrected chi connectivity index (χ1v) is 7.20. The van der Waals surface area contributed by atoms with Gasteiger partial charge in [-0.25, -0.2) is 5.26 Å². The average Bonchev–Trinajstić information content (AvgIpc) is 2.96. The number of nitriles is 1. The Morgan fingerprint density at radius 1 is 1.22 bits per heavy atom. The van der Waals surface area contributed by atoms with Gasteiger partial charge in [-0.1, -0.05) is 42.0 Å². The van der Waals surface area contributed by atoms with Crippen LogP contribution in [0, 0.1) is 18.2 Å². The van der Waals surface area contributed by atoms with E-state index in [2.05, 4.69) is 4.90 Å². The molecule has 0 spiro atoms. The van der Waals surface area contributed by atoms with E-state index in [1.165, 1.54) is 5.56 Å². The van der Waals surface area contributed by atoms with Crippen molar-refractivity contribution in [3.63, 3.8) is 0 Å². The lowest BCUT2D eigenvalue weighted by atomic mass is 9.66. The van der Waals surface area contributed by atoms with Crippen LogP contribution in [0.25, 0.3) is 0 Å². The van der Waals surface area contributed by atoms with E-state index < -0.39 is 12.7 Å². The number of benzene rings is 2. The number of carbonyl (C=O) groups excluding carboxylic acids is 1. The number of aryl methyl sites for hydroxylation is 1. The van der Waals surface area contributed by atoms with E-state index in [9.17, 15) is 4.79 Å². The molecule has 0 aliphatic carbocycles. The van der Waals surface area contributed by atoms with E-state index in [0.29, 0.717) is 5.56 Å². The fourth-order valence-electron chi connectivity index (χ4n) is 2.39. The summed E-state index contributed by atoms with van der Waals surface area (Å²) in [5.41, 5.74) is 9.99. The Morgan fingerprint density at radius 2 is 1.96 bits per heavy atom. The molecule has 0 radical (unpaired) electrons. The normalized spacial score (nSPS) is 14.9. The molecule has 0 saturated carbocycles. The molecule has 6 heteroatoms. The van der Waals surface area contributed by atoms with E-state index in [1.54, 1.807) is 12.0 Å². The molecule has 112 valence electrons. The molecule has 0 saturated heterocycles. The fourth-order valence-corrected chi connectivity index (χ4v) is 2.39. The van der Waals surface area contributed by atoms with Gasteiger partial charge in [-0.3, -0.25) is 9.70 Å². The van der Waals surface area contributed by atoms with E-state index >= 15 is 0 Å². The largest absolute Gasteiger partial charge is 0.524 e. The van der Waals surface area contributed by atoms with Gasteiger partial charge in [-0.2, -0.15) is 0 Å². The van der Waals surface area contributed by atoms with Crippen molar-refractivity contribution in [2.45, 2.75) is 13.0 Å². The van der Waals surface area contributed by atoms with Gasteiger partial charge in [0.2, 0.25) is 5.90 Å². The van der Waals surface area contributed by atoms with Crippen LogP contribution in [0.15, 0.2) is 53.4 Å². The number of nitrogens with two attached hydrogens (primary N) is 1. The van der Waals surface area contributed by atoms with Gasteiger partial charge in [0, 0.05) is 5.56 Å². The summed E-state index contributed by atoms with van der Waals surface area (Å²) in [6.45, 7) is 0.938. The van der Waals surface area contributed by atoms with Crippen LogP contribution in [0.3, 0.4) is 0 Å². The minimum absolute atomic E-state index is 0.166. The molecule has 0 bridgehead atoms. The Morgan fingerprint density at radius 3 is 2.61 bits per heavy atom. The Hall–Kier alpha value is -2.91. The summed E-state index contributed by atoms with van der Waals surface area (Å²) >= 11 is 0. The molecular formula is C17H14BN3O2. The first kappa shape index (κ1) is 15.0. The molecule has 2 N–H and O–H groups in total. The summed E-state index contributed by atoms with van der Waals surface area (Å²) in [5, 5.41) is 8.84. The van der Waals surface area contributed by atoms with Crippen molar-refractivity contribution < 1.29 is 9.53 Å². The highest BCUT2D eigenvalue weighted by molar-refractivity contribution is 6.95. The first-order chi connectivity index (χ1) is 11.1. The molecule has 0 amide bonds. The third-order valence-corrected chi connectivity index (χ3v) is 3.72. The van der Waals surface area contributed by atoms with Gasteiger partial charge in [-0.15, -0.1) is 0 Å². The number of ether oxygens (including phenoxy) is 1. The second-order valence-corrected chi connectivity index (χ2v) is 5.40. The van der Waals surface area contributed by atoms with Crippen LogP contribution in [-0.2, 0) is 4.74 Å². The smallest absolute Gasteiger partial charge is 0.413 e. The lowest BCUT2D eigenvalue weighted by molar-refractivity contribution is 0.224. The van der Waals surface area contributed by atoms with Crippen molar-refractivity contribution in [3.8, 4) is 5.97 Å². The maximum Gasteiger partial charge on any atom is 0.524 e. The highest BCUT2D eigenvalue weighted by Gasteiger charge is 2.35. The molecule has 1 aliphatic heterocycles. The monoisotopic (exact) mass is 303 g/mol. The topological polar surface area (TPSA) is 88.5 Å². The maximum absolute atomic E-state index is 11.5. The molecule has 1 atom stereocenters. The van der Waals surface area contributed by atoms with Crippen molar-refractivity contribution in [1.82, 2.24) is 0 Å². The van der Waals surface area contributed by atoms with Crippen LogP contribution in [0.2, 0.25) is 0 Å². The third kappa shape index (κ3) is 3.00. The van der Waals surface area contributed by atoms with Crippen molar-refractivity contribution in [1.29, 1.82) is 5.26 Å². The van der Waals surface area contributed by atoms with E-state index in [0.717, 1.165) is 11.1 Å². The average molecular weight is 303 g/mol. The van der Waals surface area contributed by atoms with Gasteiger partial charge < -0.3 is 10.5 Å². The summed E-state index contributed by atoms with van der Waals surface area (Å²) in [4.78, 5) is 15.5. The molecule has 3 rings (SSSR count). The van der Waals surface area contributed by atoms with Crippen LogP contribution in [0.5, 0.6) is 0 Å². The van der Waals surface area contributed by atoms with Gasteiger partial charge in [0.25, 0.3) is 0 Å². The van der Waals surface area contributed by atoms with Gasteiger partial charge in [0.15, 0.2) is 0 Å². The number of hydrogen-bond donors (Lipinski definition) is 1. The maximum atomic E-state index is 11.5. The van der Waals surface area contributed by atoms with Gasteiger partial charge >= 0.3 is 12.7 Å². The number of hydrogen-bond acceptors (Lipinski definition) is 5. The lowest BCUT2D eigenvalue weighted by Gasteiger charge is -2.14. The van der Waals surface area contributed by atoms with Crippen molar-refractivity contribution in [3.05, 3.63) is 70.8 Å². The second-order valence-electron chi connectivity index (χ2n) is 5.40. The number of rotatable bonds is 3. The standard InChI is InChI=1S/C17H14BN3O2/c1-11-5-7-12(8-6-11)15(20)13-3-2-4-14(9-13)16-21-18(10-19)17(22)23-16/h2-9,15H,20H2,1H3. The summed E-state index contributed by atoms with van der Waals surface area (Å²) in [7, 11) is 0. The minimum atomic E-state index is -1.08. The number of cyclic esters (lactones) is 1. The summed E-state index contributed by atoms with van der Waals surface area (Å²) in [5.74, 6) is 1.32. The molecule has 2 aromatic rings. The van der Waals surface area contributed by atoms with Crippen LogP contribution in [0.1, 0.15) is 28.3 Å². The summed E-state index contributed by atoms with van der Waals surface area (Å²) in [6.07, 6.45) is 0. The highest BCUT2D eigenvalue weighted by Crippen LogP contribution is 2.22. The fraction of sp³-hybridized carbons (Fsp3) is 0.118. The Labute approximate surface area is 134 Å². The molecule has 23 heavy (non-hydrogen) atoms. The zero-order chi connectivity index (χ0) is 16.4. The Kier molecular flexibility index (Phi) is 3.96. The van der Waals surface area contributed by atoms with Crippen LogP contribution >= 0.6 is 0 Å². The first-order valence-electron chi connectivity index (χ1n) is 7.20. The van der Waals surface area contributed by atoms with Crippen LogP contribution in [0.4, 0.5) is 4.79 Å². The third-order valence-electron chi connectivity index (χ3n) is 3.72. The van der Waals surface area contributed by atoms with Crippen LogP contribution in [-0.4, -0.2) is 18.6 Å². The molecule has 2 aromatic carbocycles. The van der Waals surface area contributed by atoms with Gasteiger partial charge in [0.05, 0.1) is 12.0 Å². The van der Waals surface area contributed by atoms with E-state index in [4.69, 9.17) is 15.7 Å². The predicted octanol–water partition coefficient (Wildman–Crippen LogP) is 2.58. The Balaban J connectivity index is 1.90. The quantitative estimate of drug-likeness (QED) is 0.883. The zero-order valence-corrected chi connectivity index (χ0v) is 12.6. The zero-order valence-electron chi connectivity index (χ0n) is 12.6.